The molecule has 0 radical (unpaired) electrons. The van der Waals surface area contributed by atoms with Crippen molar-refractivity contribution in [3.63, 3.8) is 0 Å². The van der Waals surface area contributed by atoms with Crippen LogP contribution in [0, 0.1) is 11.3 Å². The lowest BCUT2D eigenvalue weighted by atomic mass is 9.74. The number of hydrogen-bond acceptors (Lipinski definition) is 4. The van der Waals surface area contributed by atoms with Crippen molar-refractivity contribution in [1.82, 2.24) is 9.88 Å². The molecule has 140 valence electrons. The van der Waals surface area contributed by atoms with Gasteiger partial charge in [-0.2, -0.15) is 0 Å². The summed E-state index contributed by atoms with van der Waals surface area (Å²) in [5.41, 5.74) is 1.57. The molecule has 1 aromatic carbocycles. The van der Waals surface area contributed by atoms with Crippen molar-refractivity contribution in [3.8, 4) is 0 Å². The summed E-state index contributed by atoms with van der Waals surface area (Å²) < 4.78 is 5.51. The number of para-hydroxylation sites is 1. The highest BCUT2D eigenvalue weighted by atomic mass is 16.5. The number of carbonyl (C=O) groups is 2. The number of aliphatic carboxylic acids is 1. The molecule has 0 spiro atoms. The molecule has 0 unspecified atom stereocenters. The van der Waals surface area contributed by atoms with Gasteiger partial charge in [0.05, 0.1) is 23.1 Å². The van der Waals surface area contributed by atoms with Crippen LogP contribution in [0.3, 0.4) is 0 Å². The van der Waals surface area contributed by atoms with Crippen LogP contribution in [-0.4, -0.2) is 53.2 Å². The van der Waals surface area contributed by atoms with E-state index in [1.165, 1.54) is 0 Å². The highest BCUT2D eigenvalue weighted by Gasteiger charge is 2.55. The maximum atomic E-state index is 13.4. The van der Waals surface area contributed by atoms with Gasteiger partial charge in [0.2, 0.25) is 0 Å². The molecule has 2 aromatic rings. The van der Waals surface area contributed by atoms with Gasteiger partial charge in [0.25, 0.3) is 5.91 Å². The van der Waals surface area contributed by atoms with Gasteiger partial charge in [-0.3, -0.25) is 14.6 Å². The summed E-state index contributed by atoms with van der Waals surface area (Å²) in [4.78, 5) is 31.9. The Hall–Kier alpha value is -2.47. The van der Waals surface area contributed by atoms with Crippen molar-refractivity contribution in [2.75, 3.05) is 26.3 Å². The second-order valence-corrected chi connectivity index (χ2v) is 8.05. The van der Waals surface area contributed by atoms with E-state index < -0.39 is 11.4 Å². The first kappa shape index (κ1) is 16.7. The van der Waals surface area contributed by atoms with Crippen LogP contribution in [-0.2, 0) is 9.53 Å². The number of amides is 1. The van der Waals surface area contributed by atoms with Gasteiger partial charge in [-0.15, -0.1) is 0 Å². The maximum Gasteiger partial charge on any atom is 0.311 e. The molecular formula is C21H22N2O4. The third-order valence-corrected chi connectivity index (χ3v) is 6.38. The molecule has 2 aliphatic heterocycles. The number of fused-ring (bicyclic) bond motifs is 2. The number of benzene rings is 1. The summed E-state index contributed by atoms with van der Waals surface area (Å²) >= 11 is 0. The summed E-state index contributed by atoms with van der Waals surface area (Å²) in [5.74, 6) is -0.611. The van der Waals surface area contributed by atoms with E-state index in [-0.39, 0.29) is 18.4 Å². The molecule has 3 heterocycles. The van der Waals surface area contributed by atoms with Gasteiger partial charge in [0, 0.05) is 42.6 Å². The zero-order valence-electron chi connectivity index (χ0n) is 15.1. The molecular weight excluding hydrogens is 344 g/mol. The van der Waals surface area contributed by atoms with Crippen molar-refractivity contribution in [3.05, 3.63) is 41.6 Å². The van der Waals surface area contributed by atoms with Gasteiger partial charge in [-0.05, 0) is 31.4 Å². The van der Waals surface area contributed by atoms with E-state index in [1.807, 2.05) is 30.3 Å². The number of aromatic nitrogens is 1. The minimum absolute atomic E-state index is 0.0921. The summed E-state index contributed by atoms with van der Waals surface area (Å²) in [6.07, 6.45) is 2.69. The molecule has 1 amide bonds. The number of carboxylic acids is 1. The van der Waals surface area contributed by atoms with Crippen LogP contribution < -0.4 is 0 Å². The molecule has 6 nitrogen and oxygen atoms in total. The first-order valence-electron chi connectivity index (χ1n) is 9.58. The van der Waals surface area contributed by atoms with Gasteiger partial charge in [0.15, 0.2) is 0 Å². The topological polar surface area (TPSA) is 79.7 Å². The van der Waals surface area contributed by atoms with Crippen LogP contribution in [0.5, 0.6) is 0 Å². The van der Waals surface area contributed by atoms with E-state index >= 15 is 0 Å². The second kappa shape index (κ2) is 6.02. The third-order valence-electron chi connectivity index (χ3n) is 6.38. The number of likely N-dealkylation sites (tertiary alicyclic amines) is 1. The first-order valence-corrected chi connectivity index (χ1v) is 9.58. The Labute approximate surface area is 157 Å². The van der Waals surface area contributed by atoms with Gasteiger partial charge in [0.1, 0.15) is 0 Å². The Morgan fingerprint density at radius 3 is 2.81 bits per heavy atom. The third kappa shape index (κ3) is 2.62. The monoisotopic (exact) mass is 366 g/mol. The zero-order valence-corrected chi connectivity index (χ0v) is 15.1. The molecule has 27 heavy (non-hydrogen) atoms. The van der Waals surface area contributed by atoms with Crippen LogP contribution in [0.1, 0.15) is 41.2 Å². The number of hydrogen-bond donors (Lipinski definition) is 1. The molecule has 3 fully saturated rings. The molecule has 1 aromatic heterocycles. The fourth-order valence-electron chi connectivity index (χ4n) is 4.59. The number of pyridine rings is 1. The zero-order chi connectivity index (χ0) is 18.6. The highest BCUT2D eigenvalue weighted by Crippen LogP contribution is 2.44. The van der Waals surface area contributed by atoms with Crippen LogP contribution in [0.25, 0.3) is 10.9 Å². The number of rotatable bonds is 3. The van der Waals surface area contributed by atoms with Crippen molar-refractivity contribution in [2.45, 2.75) is 25.2 Å². The summed E-state index contributed by atoms with van der Waals surface area (Å²) in [6, 6.07) is 9.63. The largest absolute Gasteiger partial charge is 0.481 e. The summed E-state index contributed by atoms with van der Waals surface area (Å²) in [5, 5.41) is 10.7. The van der Waals surface area contributed by atoms with Crippen molar-refractivity contribution < 1.29 is 19.4 Å². The molecule has 1 N–H and O–H groups in total. The Morgan fingerprint density at radius 2 is 2.07 bits per heavy atom. The SMILES string of the molecule is O=C(c1cc(C2CC2)nc2ccccc12)N1C[C@@H]2COCC[C@]2(C(=O)O)C1. The molecule has 0 bridgehead atoms. The lowest BCUT2D eigenvalue weighted by Crippen LogP contribution is -2.45. The average molecular weight is 366 g/mol. The fraction of sp³-hybridized carbons (Fsp3) is 0.476. The molecule has 1 saturated carbocycles. The maximum absolute atomic E-state index is 13.4. The minimum atomic E-state index is -0.879. The van der Waals surface area contributed by atoms with Gasteiger partial charge < -0.3 is 14.7 Å². The standard InChI is InChI=1S/C21H22N2O4/c24-19(23-10-14-11-27-8-7-21(14,12-23)20(25)26)16-9-18(13-5-6-13)22-17-4-2-1-3-15(16)17/h1-4,9,13-14H,5-8,10-12H2,(H,25,26)/t14-,21+/m1/s1. The predicted molar refractivity (Wildman–Crippen MR) is 98.6 cm³/mol. The quantitative estimate of drug-likeness (QED) is 0.903. The number of carboxylic acid groups (broad SMARTS) is 1. The van der Waals surface area contributed by atoms with Gasteiger partial charge in [-0.25, -0.2) is 0 Å². The second-order valence-electron chi connectivity index (χ2n) is 8.05. The first-order chi connectivity index (χ1) is 13.1. The van der Waals surface area contributed by atoms with Crippen molar-refractivity contribution >= 4 is 22.8 Å². The Kier molecular flexibility index (Phi) is 3.72. The van der Waals surface area contributed by atoms with Gasteiger partial charge >= 0.3 is 5.97 Å². The van der Waals surface area contributed by atoms with E-state index in [0.717, 1.165) is 29.4 Å². The summed E-state index contributed by atoms with van der Waals surface area (Å²) in [6.45, 7) is 1.53. The van der Waals surface area contributed by atoms with E-state index in [1.54, 1.807) is 4.90 Å². The minimum Gasteiger partial charge on any atom is -0.481 e. The van der Waals surface area contributed by atoms with E-state index in [4.69, 9.17) is 9.72 Å². The van der Waals surface area contributed by atoms with E-state index in [9.17, 15) is 14.7 Å². The summed E-state index contributed by atoms with van der Waals surface area (Å²) in [7, 11) is 0. The van der Waals surface area contributed by atoms with Crippen LogP contribution in [0.4, 0.5) is 0 Å². The van der Waals surface area contributed by atoms with E-state index in [2.05, 4.69) is 0 Å². The molecule has 3 aliphatic rings. The lowest BCUT2D eigenvalue weighted by Gasteiger charge is -2.33. The molecule has 1 aliphatic carbocycles. The Bertz CT molecular complexity index is 939. The average Bonchev–Trinajstić information content (AvgIpc) is 3.45. The van der Waals surface area contributed by atoms with Crippen LogP contribution >= 0.6 is 0 Å². The Morgan fingerprint density at radius 1 is 1.26 bits per heavy atom. The van der Waals surface area contributed by atoms with Crippen molar-refractivity contribution in [2.24, 2.45) is 11.3 Å². The number of carbonyl (C=O) groups excluding carboxylic acids is 1. The highest BCUT2D eigenvalue weighted by molar-refractivity contribution is 6.06. The fourth-order valence-corrected chi connectivity index (χ4v) is 4.59. The van der Waals surface area contributed by atoms with Crippen LogP contribution in [0.15, 0.2) is 30.3 Å². The molecule has 5 rings (SSSR count). The molecule has 6 heteroatoms. The Balaban J connectivity index is 1.54. The number of ether oxygens (including phenoxy) is 1. The molecule has 2 atom stereocenters. The lowest BCUT2D eigenvalue weighted by molar-refractivity contribution is -0.157. The predicted octanol–water partition coefficient (Wildman–Crippen LogP) is 2.68. The van der Waals surface area contributed by atoms with Crippen LogP contribution in [0.2, 0.25) is 0 Å². The van der Waals surface area contributed by atoms with Crippen molar-refractivity contribution in [1.29, 1.82) is 0 Å². The normalized spacial score (nSPS) is 27.6. The van der Waals surface area contributed by atoms with Gasteiger partial charge in [-0.1, -0.05) is 18.2 Å². The number of nitrogens with zero attached hydrogens (tertiary/aromatic N) is 2. The van der Waals surface area contributed by atoms with E-state index in [0.29, 0.717) is 37.7 Å². The smallest absolute Gasteiger partial charge is 0.311 e. The molecule has 2 saturated heterocycles.